The van der Waals surface area contributed by atoms with Gasteiger partial charge >= 0.3 is 0 Å². The molecule has 0 aromatic carbocycles. The van der Waals surface area contributed by atoms with Crippen molar-refractivity contribution in [3.63, 3.8) is 0 Å². The van der Waals surface area contributed by atoms with Crippen LogP contribution >= 0.6 is 24.0 Å². The first-order valence-corrected chi connectivity index (χ1v) is 8.72. The van der Waals surface area contributed by atoms with Gasteiger partial charge in [-0.3, -0.25) is 9.79 Å². The summed E-state index contributed by atoms with van der Waals surface area (Å²) in [6.07, 6.45) is 4.04. The summed E-state index contributed by atoms with van der Waals surface area (Å²) in [4.78, 5) is 22.9. The summed E-state index contributed by atoms with van der Waals surface area (Å²) in [5.74, 6) is 1.18. The number of carbonyl (C=O) groups is 1. The molecule has 2 fully saturated rings. The molecule has 134 valence electrons. The van der Waals surface area contributed by atoms with Crippen molar-refractivity contribution in [3.05, 3.63) is 0 Å². The van der Waals surface area contributed by atoms with E-state index in [1.165, 1.54) is 32.4 Å². The number of guanidine groups is 1. The first kappa shape index (κ1) is 20.5. The van der Waals surface area contributed by atoms with E-state index in [-0.39, 0.29) is 29.9 Å². The Morgan fingerprint density at radius 2 is 1.61 bits per heavy atom. The van der Waals surface area contributed by atoms with Crippen molar-refractivity contribution in [1.29, 1.82) is 0 Å². The molecule has 0 unspecified atom stereocenters. The number of piperazine rings is 1. The van der Waals surface area contributed by atoms with Gasteiger partial charge in [-0.05, 0) is 32.9 Å². The second-order valence-electron chi connectivity index (χ2n) is 6.13. The molecule has 2 heterocycles. The molecule has 23 heavy (non-hydrogen) atoms. The fourth-order valence-corrected chi connectivity index (χ4v) is 3.14. The van der Waals surface area contributed by atoms with Gasteiger partial charge in [-0.15, -0.1) is 24.0 Å². The SMILES string of the molecule is CCNC(=NCCN1CCCCC1)N1CCN(C(C)=O)CC1.I. The highest BCUT2D eigenvalue weighted by Crippen LogP contribution is 2.08. The van der Waals surface area contributed by atoms with Crippen LogP contribution in [0.15, 0.2) is 4.99 Å². The first-order valence-electron chi connectivity index (χ1n) is 8.72. The van der Waals surface area contributed by atoms with Crippen molar-refractivity contribution < 1.29 is 4.79 Å². The molecule has 0 bridgehead atoms. The summed E-state index contributed by atoms with van der Waals surface area (Å²) in [5.41, 5.74) is 0. The number of nitrogens with zero attached hydrogens (tertiary/aromatic N) is 4. The largest absolute Gasteiger partial charge is 0.357 e. The Kier molecular flexibility index (Phi) is 9.85. The Balaban J connectivity index is 0.00000264. The zero-order valence-corrected chi connectivity index (χ0v) is 16.9. The van der Waals surface area contributed by atoms with Gasteiger partial charge in [0.1, 0.15) is 0 Å². The van der Waals surface area contributed by atoms with E-state index in [2.05, 4.69) is 22.0 Å². The highest BCUT2D eigenvalue weighted by molar-refractivity contribution is 14.0. The van der Waals surface area contributed by atoms with Crippen LogP contribution in [0.3, 0.4) is 0 Å². The van der Waals surface area contributed by atoms with E-state index in [9.17, 15) is 4.79 Å². The van der Waals surface area contributed by atoms with Crippen molar-refractivity contribution in [1.82, 2.24) is 20.0 Å². The van der Waals surface area contributed by atoms with Crippen molar-refractivity contribution in [2.45, 2.75) is 33.1 Å². The summed E-state index contributed by atoms with van der Waals surface area (Å²) >= 11 is 0. The van der Waals surface area contributed by atoms with Crippen LogP contribution in [-0.2, 0) is 4.79 Å². The van der Waals surface area contributed by atoms with Gasteiger partial charge in [0.15, 0.2) is 5.96 Å². The first-order chi connectivity index (χ1) is 10.7. The zero-order valence-electron chi connectivity index (χ0n) is 14.6. The van der Waals surface area contributed by atoms with Gasteiger partial charge in [-0.2, -0.15) is 0 Å². The van der Waals surface area contributed by atoms with Crippen molar-refractivity contribution in [2.24, 2.45) is 4.99 Å². The summed E-state index contributed by atoms with van der Waals surface area (Å²) in [6.45, 7) is 12.3. The number of hydrogen-bond donors (Lipinski definition) is 1. The maximum absolute atomic E-state index is 11.4. The highest BCUT2D eigenvalue weighted by atomic mass is 127. The monoisotopic (exact) mass is 437 g/mol. The molecule has 2 rings (SSSR count). The van der Waals surface area contributed by atoms with Gasteiger partial charge in [-0.25, -0.2) is 0 Å². The number of rotatable bonds is 4. The summed E-state index contributed by atoms with van der Waals surface area (Å²) in [5, 5.41) is 3.39. The quantitative estimate of drug-likeness (QED) is 0.408. The van der Waals surface area contributed by atoms with Gasteiger partial charge in [0, 0.05) is 46.2 Å². The molecule has 0 atom stereocenters. The molecule has 0 radical (unpaired) electrons. The van der Waals surface area contributed by atoms with Gasteiger partial charge in [-0.1, -0.05) is 6.42 Å². The Bertz CT molecular complexity index is 377. The molecule has 0 aromatic rings. The maximum Gasteiger partial charge on any atom is 0.219 e. The van der Waals surface area contributed by atoms with Gasteiger partial charge in [0.05, 0.1) is 6.54 Å². The molecule has 0 saturated carbocycles. The number of amides is 1. The Morgan fingerprint density at radius 1 is 1.00 bits per heavy atom. The lowest BCUT2D eigenvalue weighted by Crippen LogP contribution is -2.53. The number of halogens is 1. The second-order valence-corrected chi connectivity index (χ2v) is 6.13. The van der Waals surface area contributed by atoms with E-state index in [0.29, 0.717) is 0 Å². The number of nitrogens with one attached hydrogen (secondary N) is 1. The van der Waals surface area contributed by atoms with Crippen LogP contribution < -0.4 is 5.32 Å². The number of hydrogen-bond acceptors (Lipinski definition) is 3. The summed E-state index contributed by atoms with van der Waals surface area (Å²) < 4.78 is 0. The molecule has 2 aliphatic heterocycles. The van der Waals surface area contributed by atoms with Crippen LogP contribution in [0.4, 0.5) is 0 Å². The molecule has 1 N–H and O–H groups in total. The fourth-order valence-electron chi connectivity index (χ4n) is 3.14. The van der Waals surface area contributed by atoms with E-state index >= 15 is 0 Å². The molecule has 6 nitrogen and oxygen atoms in total. The van der Waals surface area contributed by atoms with Crippen molar-refractivity contribution in [2.75, 3.05) is 58.9 Å². The highest BCUT2D eigenvalue weighted by Gasteiger charge is 2.20. The molecule has 0 aromatic heterocycles. The number of aliphatic imine (C=N–C) groups is 1. The molecular weight excluding hydrogens is 405 g/mol. The molecule has 0 aliphatic carbocycles. The van der Waals surface area contributed by atoms with Crippen molar-refractivity contribution >= 4 is 35.8 Å². The smallest absolute Gasteiger partial charge is 0.219 e. The molecule has 0 spiro atoms. The van der Waals surface area contributed by atoms with Gasteiger partial charge < -0.3 is 20.0 Å². The zero-order chi connectivity index (χ0) is 15.8. The molecule has 1 amide bonds. The predicted molar refractivity (Wildman–Crippen MR) is 106 cm³/mol. The van der Waals surface area contributed by atoms with Crippen molar-refractivity contribution in [3.8, 4) is 0 Å². The standard InChI is InChI=1S/C16H31N5O.HI/c1-3-17-16(18-7-10-19-8-5-4-6-9-19)21-13-11-20(12-14-21)15(2)22;/h3-14H2,1-2H3,(H,17,18);1H. The van der Waals surface area contributed by atoms with E-state index < -0.39 is 0 Å². The van der Waals surface area contributed by atoms with Crippen LogP contribution in [0, 0.1) is 0 Å². The normalized spacial score (nSPS) is 20.2. The minimum Gasteiger partial charge on any atom is -0.357 e. The maximum atomic E-state index is 11.4. The lowest BCUT2D eigenvalue weighted by atomic mass is 10.1. The van der Waals surface area contributed by atoms with E-state index in [4.69, 9.17) is 4.99 Å². The minimum absolute atomic E-state index is 0. The third-order valence-electron chi connectivity index (χ3n) is 4.49. The Hall–Kier alpha value is -0.570. The average molecular weight is 437 g/mol. The third-order valence-corrected chi connectivity index (χ3v) is 4.49. The molecule has 2 aliphatic rings. The van der Waals surface area contributed by atoms with Gasteiger partial charge in [0.25, 0.3) is 0 Å². The number of piperidine rings is 1. The van der Waals surface area contributed by atoms with Crippen LogP contribution in [0.25, 0.3) is 0 Å². The lowest BCUT2D eigenvalue weighted by molar-refractivity contribution is -0.130. The Labute approximate surface area is 157 Å². The van der Waals surface area contributed by atoms with Crippen LogP contribution in [0.1, 0.15) is 33.1 Å². The molecular formula is C16H32IN5O. The summed E-state index contributed by atoms with van der Waals surface area (Å²) in [6, 6.07) is 0. The van der Waals surface area contributed by atoms with E-state index in [1.54, 1.807) is 6.92 Å². The Morgan fingerprint density at radius 3 is 2.17 bits per heavy atom. The minimum atomic E-state index is 0. The van der Waals surface area contributed by atoms with Crippen LogP contribution in [-0.4, -0.2) is 85.5 Å². The fraction of sp³-hybridized carbons (Fsp3) is 0.875. The van der Waals surface area contributed by atoms with Crippen LogP contribution in [0.5, 0.6) is 0 Å². The summed E-state index contributed by atoms with van der Waals surface area (Å²) in [7, 11) is 0. The third kappa shape index (κ3) is 6.82. The molecule has 2 saturated heterocycles. The average Bonchev–Trinajstić information content (AvgIpc) is 2.55. The topological polar surface area (TPSA) is 51.2 Å². The number of likely N-dealkylation sites (tertiary alicyclic amines) is 1. The molecule has 7 heteroatoms. The van der Waals surface area contributed by atoms with Crippen LogP contribution in [0.2, 0.25) is 0 Å². The predicted octanol–water partition coefficient (Wildman–Crippen LogP) is 1.22. The van der Waals surface area contributed by atoms with E-state index in [1.807, 2.05) is 4.90 Å². The van der Waals surface area contributed by atoms with Gasteiger partial charge in [0.2, 0.25) is 5.91 Å². The van der Waals surface area contributed by atoms with E-state index in [0.717, 1.165) is 51.8 Å². The number of carbonyl (C=O) groups excluding carboxylic acids is 1. The lowest BCUT2D eigenvalue weighted by Gasteiger charge is -2.36. The second kappa shape index (κ2) is 11.1.